The Bertz CT molecular complexity index is 358. The third-order valence-corrected chi connectivity index (χ3v) is 3.79. The van der Waals surface area contributed by atoms with Crippen molar-refractivity contribution in [1.82, 2.24) is 14.9 Å². The molecule has 17 heavy (non-hydrogen) atoms. The molecule has 0 saturated carbocycles. The molecule has 0 radical (unpaired) electrons. The first kappa shape index (κ1) is 12.6. The van der Waals surface area contributed by atoms with Gasteiger partial charge in [0.2, 0.25) is 0 Å². The Labute approximate surface area is 107 Å². The van der Waals surface area contributed by atoms with Crippen LogP contribution in [0.25, 0.3) is 0 Å². The fourth-order valence-electron chi connectivity index (χ4n) is 2.24. The van der Waals surface area contributed by atoms with Crippen molar-refractivity contribution in [2.75, 3.05) is 38.3 Å². The minimum Gasteiger partial charge on any atom is -0.370 e. The molecule has 4 nitrogen and oxygen atoms in total. The van der Waals surface area contributed by atoms with Gasteiger partial charge < -0.3 is 10.2 Å². The molecule has 1 saturated heterocycles. The molecule has 1 fully saturated rings. The van der Waals surface area contributed by atoms with E-state index in [1.165, 1.54) is 25.9 Å². The number of likely N-dealkylation sites (tertiary alicyclic amines) is 1. The van der Waals surface area contributed by atoms with Gasteiger partial charge in [0.05, 0.1) is 0 Å². The van der Waals surface area contributed by atoms with E-state index in [-0.39, 0.29) is 0 Å². The van der Waals surface area contributed by atoms with E-state index in [0.29, 0.717) is 0 Å². The zero-order valence-corrected chi connectivity index (χ0v) is 11.3. The van der Waals surface area contributed by atoms with E-state index in [1.807, 2.05) is 12.3 Å². The second kappa shape index (κ2) is 6.21. The Kier molecular flexibility index (Phi) is 4.62. The van der Waals surface area contributed by atoms with Crippen LogP contribution in [0.2, 0.25) is 0 Å². The number of nitrogens with zero attached hydrogens (tertiary/aromatic N) is 3. The SMILES string of the molecule is CSc1cc(NCC2CCCN(C)C2)ncn1. The Morgan fingerprint density at radius 1 is 1.53 bits per heavy atom. The second-order valence-corrected chi connectivity index (χ2v) is 5.42. The molecule has 1 aromatic rings. The lowest BCUT2D eigenvalue weighted by Gasteiger charge is -2.29. The monoisotopic (exact) mass is 252 g/mol. The molecule has 5 heteroatoms. The maximum atomic E-state index is 4.24. The predicted octanol–water partition coefficient (Wildman–Crippen LogP) is 1.95. The highest BCUT2D eigenvalue weighted by atomic mass is 32.2. The van der Waals surface area contributed by atoms with Crippen LogP contribution in [-0.4, -0.2) is 47.8 Å². The van der Waals surface area contributed by atoms with Gasteiger partial charge >= 0.3 is 0 Å². The van der Waals surface area contributed by atoms with E-state index in [2.05, 4.69) is 27.2 Å². The first-order valence-corrected chi connectivity index (χ1v) is 7.29. The maximum Gasteiger partial charge on any atom is 0.130 e. The smallest absolute Gasteiger partial charge is 0.130 e. The van der Waals surface area contributed by atoms with Crippen LogP contribution >= 0.6 is 11.8 Å². The number of anilines is 1. The van der Waals surface area contributed by atoms with E-state index in [1.54, 1.807) is 18.1 Å². The van der Waals surface area contributed by atoms with Crippen molar-refractivity contribution < 1.29 is 0 Å². The Balaban J connectivity index is 1.84. The van der Waals surface area contributed by atoms with Crippen LogP contribution in [0.15, 0.2) is 17.4 Å². The van der Waals surface area contributed by atoms with Gasteiger partial charge in [-0.15, -0.1) is 11.8 Å². The van der Waals surface area contributed by atoms with E-state index in [4.69, 9.17) is 0 Å². The maximum absolute atomic E-state index is 4.24. The summed E-state index contributed by atoms with van der Waals surface area (Å²) in [6.07, 6.45) is 6.28. The standard InChI is InChI=1S/C12H20N4S/c1-16-5-3-4-10(8-16)7-13-11-6-12(17-2)15-9-14-11/h6,9-10H,3-5,7-8H2,1-2H3,(H,13,14,15). The van der Waals surface area contributed by atoms with Gasteiger partial charge in [0.25, 0.3) is 0 Å². The van der Waals surface area contributed by atoms with Crippen LogP contribution in [0, 0.1) is 5.92 Å². The van der Waals surface area contributed by atoms with Crippen molar-refractivity contribution in [2.24, 2.45) is 5.92 Å². The second-order valence-electron chi connectivity index (χ2n) is 4.60. The largest absolute Gasteiger partial charge is 0.370 e. The highest BCUT2D eigenvalue weighted by Crippen LogP contribution is 2.17. The predicted molar refractivity (Wildman–Crippen MR) is 72.5 cm³/mol. The molecular formula is C12H20N4S. The van der Waals surface area contributed by atoms with Gasteiger partial charge in [0.15, 0.2) is 0 Å². The third kappa shape index (κ3) is 3.85. The first-order chi connectivity index (χ1) is 8.28. The molecule has 0 aliphatic carbocycles. The Hall–Kier alpha value is -0.810. The topological polar surface area (TPSA) is 41.0 Å². The number of nitrogens with one attached hydrogen (secondary N) is 1. The summed E-state index contributed by atoms with van der Waals surface area (Å²) in [6, 6.07) is 2.01. The summed E-state index contributed by atoms with van der Waals surface area (Å²) in [4.78, 5) is 10.8. The van der Waals surface area contributed by atoms with Crippen LogP contribution in [0.5, 0.6) is 0 Å². The van der Waals surface area contributed by atoms with Crippen molar-refractivity contribution in [3.8, 4) is 0 Å². The Morgan fingerprint density at radius 3 is 3.18 bits per heavy atom. The third-order valence-electron chi connectivity index (χ3n) is 3.15. The van der Waals surface area contributed by atoms with Gasteiger partial charge in [0.1, 0.15) is 17.2 Å². The minimum atomic E-state index is 0.737. The van der Waals surface area contributed by atoms with Gasteiger partial charge in [-0.05, 0) is 38.6 Å². The normalized spacial score (nSPS) is 21.4. The van der Waals surface area contributed by atoms with Crippen LogP contribution in [-0.2, 0) is 0 Å². The van der Waals surface area contributed by atoms with Gasteiger partial charge in [-0.1, -0.05) is 0 Å². The fraction of sp³-hybridized carbons (Fsp3) is 0.667. The molecule has 2 heterocycles. The van der Waals surface area contributed by atoms with Gasteiger partial charge in [-0.2, -0.15) is 0 Å². The quantitative estimate of drug-likeness (QED) is 0.655. The molecule has 0 bridgehead atoms. The fourth-order valence-corrected chi connectivity index (χ4v) is 2.62. The van der Waals surface area contributed by atoms with Crippen molar-refractivity contribution in [3.05, 3.63) is 12.4 Å². The van der Waals surface area contributed by atoms with E-state index in [9.17, 15) is 0 Å². The van der Waals surface area contributed by atoms with Crippen LogP contribution < -0.4 is 5.32 Å². The lowest BCUT2D eigenvalue weighted by Crippen LogP contribution is -2.35. The molecule has 2 rings (SSSR count). The summed E-state index contributed by atoms with van der Waals surface area (Å²) < 4.78 is 0. The molecule has 1 aromatic heterocycles. The summed E-state index contributed by atoms with van der Waals surface area (Å²) in [5, 5.41) is 4.44. The molecule has 0 spiro atoms. The summed E-state index contributed by atoms with van der Waals surface area (Å²) in [5.74, 6) is 1.68. The highest BCUT2D eigenvalue weighted by Gasteiger charge is 2.16. The van der Waals surface area contributed by atoms with Crippen molar-refractivity contribution in [3.63, 3.8) is 0 Å². The number of aromatic nitrogens is 2. The molecule has 1 atom stereocenters. The average molecular weight is 252 g/mol. The summed E-state index contributed by atoms with van der Waals surface area (Å²) >= 11 is 1.65. The average Bonchev–Trinajstić information content (AvgIpc) is 2.37. The molecule has 1 aliphatic heterocycles. The van der Waals surface area contributed by atoms with Gasteiger partial charge in [-0.25, -0.2) is 9.97 Å². The molecule has 94 valence electrons. The molecule has 1 aliphatic rings. The van der Waals surface area contributed by atoms with Crippen molar-refractivity contribution >= 4 is 17.6 Å². The van der Waals surface area contributed by atoms with Crippen molar-refractivity contribution in [1.29, 1.82) is 0 Å². The molecule has 0 amide bonds. The zero-order valence-electron chi connectivity index (χ0n) is 10.5. The summed E-state index contributed by atoms with van der Waals surface area (Å²) in [6.45, 7) is 3.43. The lowest BCUT2D eigenvalue weighted by atomic mass is 9.98. The van der Waals surface area contributed by atoms with Gasteiger partial charge in [0, 0.05) is 19.2 Å². The van der Waals surface area contributed by atoms with E-state index < -0.39 is 0 Å². The van der Waals surface area contributed by atoms with Crippen LogP contribution in [0.3, 0.4) is 0 Å². The number of rotatable bonds is 4. The van der Waals surface area contributed by atoms with Crippen LogP contribution in [0.1, 0.15) is 12.8 Å². The van der Waals surface area contributed by atoms with Crippen LogP contribution in [0.4, 0.5) is 5.82 Å². The number of hydrogen-bond acceptors (Lipinski definition) is 5. The van der Waals surface area contributed by atoms with E-state index in [0.717, 1.165) is 23.3 Å². The molecule has 0 aromatic carbocycles. The highest BCUT2D eigenvalue weighted by molar-refractivity contribution is 7.98. The zero-order chi connectivity index (χ0) is 12.1. The van der Waals surface area contributed by atoms with Crippen molar-refractivity contribution in [2.45, 2.75) is 17.9 Å². The summed E-state index contributed by atoms with van der Waals surface area (Å²) in [7, 11) is 2.20. The Morgan fingerprint density at radius 2 is 2.41 bits per heavy atom. The van der Waals surface area contributed by atoms with E-state index >= 15 is 0 Å². The first-order valence-electron chi connectivity index (χ1n) is 6.06. The lowest BCUT2D eigenvalue weighted by molar-refractivity contribution is 0.217. The number of piperidine rings is 1. The minimum absolute atomic E-state index is 0.737. The van der Waals surface area contributed by atoms with Gasteiger partial charge in [-0.3, -0.25) is 0 Å². The number of hydrogen-bond donors (Lipinski definition) is 1. The molecular weight excluding hydrogens is 232 g/mol. The molecule has 1 unspecified atom stereocenters. The summed E-state index contributed by atoms with van der Waals surface area (Å²) in [5.41, 5.74) is 0. The molecule has 1 N–H and O–H groups in total. The number of thioether (sulfide) groups is 1.